The number of hydrogen-bond acceptors (Lipinski definition) is 7. The number of benzene rings is 2. The van der Waals surface area contributed by atoms with Crippen LogP contribution in [0, 0.1) is 20.2 Å². The SMILES string of the molecule is CC(C(=O)O)N(c1cc([N+](=O)[O-])ccc1Cl)S(=O)(=O)c1ccccc1[N+](=O)[O-]. The minimum atomic E-state index is -4.84. The molecule has 1 atom stereocenters. The first-order valence-corrected chi connectivity index (χ1v) is 9.25. The highest BCUT2D eigenvalue weighted by atomic mass is 35.5. The van der Waals surface area contributed by atoms with Crippen molar-refractivity contribution in [1.82, 2.24) is 0 Å². The maximum atomic E-state index is 13.2. The number of sulfonamides is 1. The van der Waals surface area contributed by atoms with Crippen molar-refractivity contribution in [1.29, 1.82) is 0 Å². The number of rotatable bonds is 7. The van der Waals surface area contributed by atoms with Crippen LogP contribution >= 0.6 is 11.6 Å². The summed E-state index contributed by atoms with van der Waals surface area (Å²) >= 11 is 5.98. The summed E-state index contributed by atoms with van der Waals surface area (Å²) < 4.78 is 26.6. The summed E-state index contributed by atoms with van der Waals surface area (Å²) in [5.74, 6) is -1.59. The molecule has 148 valence electrons. The zero-order chi connectivity index (χ0) is 21.2. The molecule has 0 saturated carbocycles. The maximum Gasteiger partial charge on any atom is 0.327 e. The molecule has 0 amide bonds. The minimum Gasteiger partial charge on any atom is -0.480 e. The van der Waals surface area contributed by atoms with Gasteiger partial charge in [0.05, 0.1) is 20.6 Å². The number of hydrogen-bond donors (Lipinski definition) is 1. The van der Waals surface area contributed by atoms with Gasteiger partial charge >= 0.3 is 5.97 Å². The summed E-state index contributed by atoms with van der Waals surface area (Å²) in [5.41, 5.74) is -1.82. The predicted octanol–water partition coefficient (Wildman–Crippen LogP) is 2.82. The number of nitro benzene ring substituents is 2. The third-order valence-corrected chi connectivity index (χ3v) is 5.94. The number of aliphatic carboxylic acids is 1. The molecule has 1 N–H and O–H groups in total. The molecule has 0 aliphatic rings. The van der Waals surface area contributed by atoms with E-state index in [-0.39, 0.29) is 5.02 Å². The van der Waals surface area contributed by atoms with Crippen molar-refractivity contribution < 1.29 is 28.2 Å². The smallest absolute Gasteiger partial charge is 0.327 e. The van der Waals surface area contributed by atoms with E-state index < -0.39 is 53.8 Å². The molecule has 0 spiro atoms. The van der Waals surface area contributed by atoms with Gasteiger partial charge in [-0.2, -0.15) is 0 Å². The van der Waals surface area contributed by atoms with Crippen LogP contribution in [0.5, 0.6) is 0 Å². The van der Waals surface area contributed by atoms with Crippen LogP contribution in [0.1, 0.15) is 6.92 Å². The van der Waals surface area contributed by atoms with Crippen LogP contribution in [0.25, 0.3) is 0 Å². The van der Waals surface area contributed by atoms with Gasteiger partial charge in [0.15, 0.2) is 4.90 Å². The molecular weight excluding hydrogens is 418 g/mol. The second kappa shape index (κ2) is 7.78. The van der Waals surface area contributed by atoms with Gasteiger partial charge in [0.1, 0.15) is 6.04 Å². The first kappa shape index (κ1) is 21.1. The topological polar surface area (TPSA) is 161 Å². The fourth-order valence-electron chi connectivity index (χ4n) is 2.36. The third-order valence-electron chi connectivity index (χ3n) is 3.69. The van der Waals surface area contributed by atoms with E-state index in [1.807, 2.05) is 0 Å². The van der Waals surface area contributed by atoms with Crippen molar-refractivity contribution in [2.45, 2.75) is 17.9 Å². The van der Waals surface area contributed by atoms with Crippen molar-refractivity contribution >= 4 is 44.7 Å². The number of carbonyl (C=O) groups is 1. The highest BCUT2D eigenvalue weighted by Gasteiger charge is 2.38. The molecule has 2 aromatic carbocycles. The zero-order valence-corrected chi connectivity index (χ0v) is 15.6. The average molecular weight is 430 g/mol. The van der Waals surface area contributed by atoms with Crippen LogP contribution in [-0.2, 0) is 14.8 Å². The van der Waals surface area contributed by atoms with Crippen molar-refractivity contribution in [3.05, 3.63) is 67.7 Å². The summed E-state index contributed by atoms with van der Waals surface area (Å²) in [7, 11) is -4.84. The Labute approximate surface area is 163 Å². The van der Waals surface area contributed by atoms with Crippen molar-refractivity contribution in [3.63, 3.8) is 0 Å². The van der Waals surface area contributed by atoms with Gasteiger partial charge in [0, 0.05) is 18.2 Å². The lowest BCUT2D eigenvalue weighted by atomic mass is 10.2. The number of halogens is 1. The van der Waals surface area contributed by atoms with E-state index in [1.165, 1.54) is 12.1 Å². The fraction of sp³-hybridized carbons (Fsp3) is 0.133. The minimum absolute atomic E-state index is 0.291. The van der Waals surface area contributed by atoms with E-state index in [4.69, 9.17) is 11.6 Å². The lowest BCUT2D eigenvalue weighted by Crippen LogP contribution is -2.43. The molecule has 13 heteroatoms. The van der Waals surface area contributed by atoms with E-state index in [9.17, 15) is 38.5 Å². The molecule has 2 rings (SSSR count). The van der Waals surface area contributed by atoms with E-state index >= 15 is 0 Å². The molecule has 0 saturated heterocycles. The van der Waals surface area contributed by atoms with Crippen LogP contribution in [0.15, 0.2) is 47.4 Å². The first-order valence-electron chi connectivity index (χ1n) is 7.43. The molecule has 0 radical (unpaired) electrons. The largest absolute Gasteiger partial charge is 0.480 e. The molecule has 0 heterocycles. The normalized spacial score (nSPS) is 12.2. The number of nitrogens with zero attached hydrogens (tertiary/aromatic N) is 3. The van der Waals surface area contributed by atoms with E-state index in [2.05, 4.69) is 0 Å². The van der Waals surface area contributed by atoms with E-state index in [0.29, 0.717) is 4.31 Å². The molecule has 0 bridgehead atoms. The van der Waals surface area contributed by atoms with Gasteiger partial charge in [-0.25, -0.2) is 13.2 Å². The number of carboxylic acids is 1. The van der Waals surface area contributed by atoms with Gasteiger partial charge < -0.3 is 5.11 Å². The Kier molecular flexibility index (Phi) is 5.85. The third kappa shape index (κ3) is 3.87. The van der Waals surface area contributed by atoms with Gasteiger partial charge in [-0.3, -0.25) is 24.5 Å². The predicted molar refractivity (Wildman–Crippen MR) is 98.0 cm³/mol. The lowest BCUT2D eigenvalue weighted by Gasteiger charge is -2.28. The Morgan fingerprint density at radius 2 is 1.75 bits per heavy atom. The molecule has 1 unspecified atom stereocenters. The van der Waals surface area contributed by atoms with Crippen molar-refractivity contribution in [2.24, 2.45) is 0 Å². The highest BCUT2D eigenvalue weighted by molar-refractivity contribution is 7.93. The van der Waals surface area contributed by atoms with Crippen LogP contribution in [0.4, 0.5) is 17.1 Å². The number of non-ortho nitro benzene ring substituents is 1. The van der Waals surface area contributed by atoms with Gasteiger partial charge in [-0.1, -0.05) is 23.7 Å². The standard InChI is InChI=1S/C15H12ClN3O8S/c1-9(15(20)21)17(13-8-10(18(22)23)6-7-11(13)16)28(26,27)14-5-3-2-4-12(14)19(24)25/h2-9H,1H3,(H,20,21). The second-order valence-electron chi connectivity index (χ2n) is 5.43. The molecule has 0 fully saturated rings. The first-order chi connectivity index (χ1) is 13.0. The Hall–Kier alpha value is -3.25. The fourth-order valence-corrected chi connectivity index (χ4v) is 4.41. The lowest BCUT2D eigenvalue weighted by molar-refractivity contribution is -0.387. The monoisotopic (exact) mass is 429 g/mol. The number of anilines is 1. The quantitative estimate of drug-likeness (QED) is 0.518. The van der Waals surface area contributed by atoms with E-state index in [1.54, 1.807) is 0 Å². The summed E-state index contributed by atoms with van der Waals surface area (Å²) in [5, 5.41) is 31.3. The van der Waals surface area contributed by atoms with Gasteiger partial charge in [0.25, 0.3) is 21.4 Å². The molecule has 0 aliphatic carbocycles. The van der Waals surface area contributed by atoms with E-state index in [0.717, 1.165) is 37.3 Å². The molecule has 0 aliphatic heterocycles. The Morgan fingerprint density at radius 1 is 1.14 bits per heavy atom. The van der Waals surface area contributed by atoms with Crippen LogP contribution in [0.3, 0.4) is 0 Å². The Balaban J connectivity index is 2.83. The van der Waals surface area contributed by atoms with Gasteiger partial charge in [0.2, 0.25) is 0 Å². The average Bonchev–Trinajstić information content (AvgIpc) is 2.62. The van der Waals surface area contributed by atoms with Crippen molar-refractivity contribution in [2.75, 3.05) is 4.31 Å². The van der Waals surface area contributed by atoms with Gasteiger partial charge in [-0.15, -0.1) is 0 Å². The molecule has 11 nitrogen and oxygen atoms in total. The van der Waals surface area contributed by atoms with Crippen LogP contribution in [0.2, 0.25) is 5.02 Å². The molecule has 0 aromatic heterocycles. The molecular formula is C15H12ClN3O8S. The second-order valence-corrected chi connectivity index (χ2v) is 7.62. The summed E-state index contributed by atoms with van der Waals surface area (Å²) in [6, 6.07) is 5.38. The van der Waals surface area contributed by atoms with Crippen LogP contribution < -0.4 is 4.31 Å². The Bertz CT molecular complexity index is 1070. The van der Waals surface area contributed by atoms with Gasteiger partial charge in [-0.05, 0) is 19.1 Å². The zero-order valence-electron chi connectivity index (χ0n) is 14.1. The Morgan fingerprint density at radius 3 is 2.29 bits per heavy atom. The van der Waals surface area contributed by atoms with Crippen molar-refractivity contribution in [3.8, 4) is 0 Å². The summed E-state index contributed by atoms with van der Waals surface area (Å²) in [4.78, 5) is 31.3. The highest BCUT2D eigenvalue weighted by Crippen LogP contribution is 2.37. The maximum absolute atomic E-state index is 13.2. The van der Waals surface area contributed by atoms with Crippen LogP contribution in [-0.4, -0.2) is 35.4 Å². The number of para-hydroxylation sites is 1. The summed E-state index contributed by atoms with van der Waals surface area (Å²) in [6.07, 6.45) is 0. The number of nitro groups is 2. The molecule has 28 heavy (non-hydrogen) atoms. The molecule has 2 aromatic rings. The number of carboxylic acid groups (broad SMARTS) is 1. The summed E-state index contributed by atoms with van der Waals surface area (Å²) in [6.45, 7) is 1.00.